The first-order valence-corrected chi connectivity index (χ1v) is 7.65. The molecule has 0 unspecified atom stereocenters. The average molecular weight is 376 g/mol. The predicted molar refractivity (Wildman–Crippen MR) is 91.3 cm³/mol. The van der Waals surface area contributed by atoms with E-state index in [1.165, 1.54) is 12.3 Å². The van der Waals surface area contributed by atoms with Crippen LogP contribution in [0, 0.1) is 10.1 Å². The van der Waals surface area contributed by atoms with Gasteiger partial charge >= 0.3 is 0 Å². The molecule has 0 atom stereocenters. The molecule has 0 saturated carbocycles. The van der Waals surface area contributed by atoms with E-state index in [0.29, 0.717) is 22.9 Å². The first-order valence-electron chi connectivity index (χ1n) is 6.86. The topological polar surface area (TPSA) is 84.6 Å². The molecule has 7 heteroatoms. The maximum atomic E-state index is 11.7. The van der Waals surface area contributed by atoms with Gasteiger partial charge in [-0.25, -0.2) is 5.43 Å². The number of hydrazone groups is 1. The summed E-state index contributed by atoms with van der Waals surface area (Å²) in [6.07, 6.45) is 2.33. The third kappa shape index (κ3) is 5.30. The van der Waals surface area contributed by atoms with E-state index in [9.17, 15) is 14.9 Å². The van der Waals surface area contributed by atoms with Crippen molar-refractivity contribution in [3.05, 3.63) is 74.2 Å². The van der Waals surface area contributed by atoms with Crippen LogP contribution in [0.5, 0.6) is 0 Å². The molecule has 2 rings (SSSR count). The van der Waals surface area contributed by atoms with Gasteiger partial charge in [0, 0.05) is 18.1 Å². The Balaban J connectivity index is 1.87. The van der Waals surface area contributed by atoms with Crippen LogP contribution in [0.15, 0.2) is 58.1 Å². The highest BCUT2D eigenvalue weighted by Crippen LogP contribution is 2.24. The second-order valence-corrected chi connectivity index (χ2v) is 5.60. The van der Waals surface area contributed by atoms with Crippen LogP contribution in [0.1, 0.15) is 17.5 Å². The van der Waals surface area contributed by atoms with Crippen LogP contribution in [0.3, 0.4) is 0 Å². The number of benzene rings is 2. The van der Waals surface area contributed by atoms with Crippen LogP contribution in [0.4, 0.5) is 5.69 Å². The number of amides is 1. The molecule has 0 aliphatic rings. The summed E-state index contributed by atoms with van der Waals surface area (Å²) in [4.78, 5) is 22.0. The molecule has 0 radical (unpaired) electrons. The van der Waals surface area contributed by atoms with Crippen molar-refractivity contribution in [1.82, 2.24) is 5.43 Å². The zero-order valence-corrected chi connectivity index (χ0v) is 13.7. The van der Waals surface area contributed by atoms with Crippen molar-refractivity contribution in [3.63, 3.8) is 0 Å². The fourth-order valence-electron chi connectivity index (χ4n) is 1.89. The van der Waals surface area contributed by atoms with Gasteiger partial charge in [-0.15, -0.1) is 0 Å². The van der Waals surface area contributed by atoms with Gasteiger partial charge in [-0.1, -0.05) is 36.4 Å². The number of hydrogen-bond acceptors (Lipinski definition) is 4. The van der Waals surface area contributed by atoms with E-state index in [4.69, 9.17) is 0 Å². The maximum Gasteiger partial charge on any atom is 0.284 e. The summed E-state index contributed by atoms with van der Waals surface area (Å²) in [5, 5.41) is 14.7. The summed E-state index contributed by atoms with van der Waals surface area (Å²) in [6, 6.07) is 14.3. The largest absolute Gasteiger partial charge is 0.284 e. The van der Waals surface area contributed by atoms with Gasteiger partial charge in [0.1, 0.15) is 0 Å². The zero-order valence-electron chi connectivity index (χ0n) is 12.1. The Morgan fingerprint density at radius 3 is 2.70 bits per heavy atom. The molecule has 0 spiro atoms. The van der Waals surface area contributed by atoms with Gasteiger partial charge in [0.05, 0.1) is 15.6 Å². The lowest BCUT2D eigenvalue weighted by atomic mass is 10.1. The molecule has 0 heterocycles. The number of aryl methyl sites for hydroxylation is 1. The van der Waals surface area contributed by atoms with Crippen molar-refractivity contribution >= 4 is 33.7 Å². The lowest BCUT2D eigenvalue weighted by molar-refractivity contribution is -0.385. The van der Waals surface area contributed by atoms with Crippen LogP contribution >= 0.6 is 15.9 Å². The van der Waals surface area contributed by atoms with Gasteiger partial charge in [0.2, 0.25) is 5.91 Å². The van der Waals surface area contributed by atoms with Gasteiger partial charge in [-0.2, -0.15) is 5.10 Å². The monoisotopic (exact) mass is 375 g/mol. The molecule has 0 fully saturated rings. The predicted octanol–water partition coefficient (Wildman–Crippen LogP) is 3.44. The molecule has 2 aromatic carbocycles. The van der Waals surface area contributed by atoms with E-state index in [1.807, 2.05) is 30.3 Å². The van der Waals surface area contributed by atoms with Gasteiger partial charge in [0.15, 0.2) is 0 Å². The highest BCUT2D eigenvalue weighted by atomic mass is 79.9. The molecule has 0 aliphatic heterocycles. The summed E-state index contributed by atoms with van der Waals surface area (Å²) in [5.74, 6) is -0.211. The fourth-order valence-corrected chi connectivity index (χ4v) is 2.28. The molecular weight excluding hydrogens is 362 g/mol. The van der Waals surface area contributed by atoms with Gasteiger partial charge < -0.3 is 0 Å². The number of carbonyl (C=O) groups is 1. The molecule has 6 nitrogen and oxygen atoms in total. The maximum absolute atomic E-state index is 11.7. The molecule has 0 aliphatic carbocycles. The van der Waals surface area contributed by atoms with Crippen molar-refractivity contribution in [2.45, 2.75) is 12.8 Å². The van der Waals surface area contributed by atoms with Gasteiger partial charge in [-0.05, 0) is 34.0 Å². The number of hydrogen-bond donors (Lipinski definition) is 1. The third-order valence-electron chi connectivity index (χ3n) is 3.05. The van der Waals surface area contributed by atoms with E-state index < -0.39 is 4.92 Å². The van der Waals surface area contributed by atoms with Gasteiger partial charge in [-0.3, -0.25) is 14.9 Å². The molecule has 1 N–H and O–H groups in total. The van der Waals surface area contributed by atoms with E-state index in [2.05, 4.69) is 26.5 Å². The van der Waals surface area contributed by atoms with Crippen molar-refractivity contribution in [3.8, 4) is 0 Å². The van der Waals surface area contributed by atoms with E-state index in [0.717, 1.165) is 5.56 Å². The summed E-state index contributed by atoms with van der Waals surface area (Å²) in [6.45, 7) is 0. The summed E-state index contributed by atoms with van der Waals surface area (Å²) in [5.41, 5.74) is 3.97. The first-order chi connectivity index (χ1) is 11.1. The number of nitrogens with zero attached hydrogens (tertiary/aromatic N) is 2. The summed E-state index contributed by atoms with van der Waals surface area (Å²) in [7, 11) is 0. The van der Waals surface area contributed by atoms with Crippen LogP contribution in [0.2, 0.25) is 0 Å². The highest BCUT2D eigenvalue weighted by molar-refractivity contribution is 9.10. The second kappa shape index (κ2) is 8.19. The molecule has 0 saturated heterocycles. The second-order valence-electron chi connectivity index (χ2n) is 4.75. The number of nitro groups is 1. The van der Waals surface area contributed by atoms with E-state index in [1.54, 1.807) is 12.1 Å². The third-order valence-corrected chi connectivity index (χ3v) is 3.72. The molecule has 2 aromatic rings. The Morgan fingerprint density at radius 2 is 2.00 bits per heavy atom. The number of rotatable bonds is 6. The Labute approximate surface area is 141 Å². The number of nitrogens with one attached hydrogen (secondary N) is 1. The Hall–Kier alpha value is -2.54. The first kappa shape index (κ1) is 16.8. The van der Waals surface area contributed by atoms with E-state index >= 15 is 0 Å². The van der Waals surface area contributed by atoms with Crippen molar-refractivity contribution in [2.24, 2.45) is 5.10 Å². The molecule has 0 aromatic heterocycles. The summed E-state index contributed by atoms with van der Waals surface area (Å²) >= 11 is 3.11. The van der Waals surface area contributed by atoms with Gasteiger partial charge in [0.25, 0.3) is 5.69 Å². The summed E-state index contributed by atoms with van der Waals surface area (Å²) < 4.78 is 0.395. The fraction of sp³-hybridized carbons (Fsp3) is 0.125. The minimum Gasteiger partial charge on any atom is -0.273 e. The normalized spacial score (nSPS) is 10.7. The lowest BCUT2D eigenvalue weighted by Gasteiger charge is -2.01. The van der Waals surface area contributed by atoms with Crippen molar-refractivity contribution in [1.29, 1.82) is 0 Å². The van der Waals surface area contributed by atoms with Crippen molar-refractivity contribution < 1.29 is 9.72 Å². The molecular formula is C16H14BrN3O3. The number of carbonyl (C=O) groups excluding carboxylic acids is 1. The Kier molecular flexibility index (Phi) is 5.99. The smallest absolute Gasteiger partial charge is 0.273 e. The SMILES string of the molecule is O=C(CCc1ccccc1)N/N=C\c1ccc(Br)c([N+](=O)[O-])c1. The quantitative estimate of drug-likeness (QED) is 0.476. The molecule has 23 heavy (non-hydrogen) atoms. The Morgan fingerprint density at radius 1 is 1.26 bits per heavy atom. The minimum absolute atomic E-state index is 0.0515. The van der Waals surface area contributed by atoms with Crippen LogP contribution < -0.4 is 5.43 Å². The average Bonchev–Trinajstić information content (AvgIpc) is 2.55. The molecule has 0 bridgehead atoms. The lowest BCUT2D eigenvalue weighted by Crippen LogP contribution is -2.17. The van der Waals surface area contributed by atoms with Crippen LogP contribution in [-0.4, -0.2) is 17.0 Å². The Bertz CT molecular complexity index is 733. The van der Waals surface area contributed by atoms with Crippen LogP contribution in [0.25, 0.3) is 0 Å². The standard InChI is InChI=1S/C16H14BrN3O3/c17-14-8-6-13(10-15(14)20(22)23)11-18-19-16(21)9-7-12-4-2-1-3-5-12/h1-6,8,10-11H,7,9H2,(H,19,21)/b18-11-. The highest BCUT2D eigenvalue weighted by Gasteiger charge is 2.11. The number of halogens is 1. The minimum atomic E-state index is -0.486. The van der Waals surface area contributed by atoms with E-state index in [-0.39, 0.29) is 11.6 Å². The zero-order chi connectivity index (χ0) is 16.7. The van der Waals surface area contributed by atoms with Crippen LogP contribution in [-0.2, 0) is 11.2 Å². The number of nitro benzene ring substituents is 1. The molecule has 118 valence electrons. The van der Waals surface area contributed by atoms with Crippen molar-refractivity contribution in [2.75, 3.05) is 0 Å². The molecule has 1 amide bonds.